The monoisotopic (exact) mass is 1150 g/mol. The highest BCUT2D eigenvalue weighted by Crippen LogP contribution is 2.53. The van der Waals surface area contributed by atoms with Crippen molar-refractivity contribution in [3.8, 4) is 66.8 Å². The Morgan fingerprint density at radius 3 is 0.689 bits per heavy atom. The third kappa shape index (κ3) is 10.6. The van der Waals surface area contributed by atoms with Crippen molar-refractivity contribution in [2.75, 3.05) is 9.80 Å². The van der Waals surface area contributed by atoms with Gasteiger partial charge in [-0.25, -0.2) is 0 Å². The van der Waals surface area contributed by atoms with Crippen LogP contribution in [-0.4, -0.2) is 0 Å². The summed E-state index contributed by atoms with van der Waals surface area (Å²) in [6, 6.07) is 115. The van der Waals surface area contributed by atoms with Gasteiger partial charge in [-0.3, -0.25) is 0 Å². The highest BCUT2D eigenvalue weighted by molar-refractivity contribution is 5.90. The molecule has 0 bridgehead atoms. The normalized spacial score (nSPS) is 13.2. The van der Waals surface area contributed by atoms with Crippen molar-refractivity contribution in [1.82, 2.24) is 0 Å². The lowest BCUT2D eigenvalue weighted by atomic mass is 9.81. The van der Waals surface area contributed by atoms with E-state index < -0.39 is 0 Å². The van der Waals surface area contributed by atoms with Crippen molar-refractivity contribution in [3.63, 3.8) is 0 Å². The first-order chi connectivity index (χ1) is 44.1. The molecule has 2 aliphatic rings. The van der Waals surface area contributed by atoms with Gasteiger partial charge in [-0.1, -0.05) is 295 Å². The van der Waals surface area contributed by atoms with E-state index in [-0.39, 0.29) is 10.8 Å². The predicted octanol–water partition coefficient (Wildman–Crippen LogP) is 24.2. The molecule has 0 N–H and O–H groups in total. The molecule has 13 aromatic rings. The summed E-state index contributed by atoms with van der Waals surface area (Å²) >= 11 is 0. The Labute approximate surface area is 530 Å². The number of fused-ring (bicyclic) bond motifs is 6. The second-order valence-electron chi connectivity index (χ2n) is 25.0. The molecule has 0 aliphatic heterocycles. The first-order valence-corrected chi connectivity index (χ1v) is 31.4. The van der Waals surface area contributed by atoms with E-state index in [1.807, 2.05) is 0 Å². The van der Waals surface area contributed by atoms with Gasteiger partial charge in [-0.2, -0.15) is 0 Å². The zero-order valence-corrected chi connectivity index (χ0v) is 51.2. The number of hydrogen-bond acceptors (Lipinski definition) is 2. The third-order valence-corrected chi connectivity index (χ3v) is 18.7. The van der Waals surface area contributed by atoms with Gasteiger partial charge < -0.3 is 9.80 Å². The Morgan fingerprint density at radius 2 is 0.411 bits per heavy atom. The second kappa shape index (κ2) is 23.2. The van der Waals surface area contributed by atoms with Crippen molar-refractivity contribution in [2.24, 2.45) is 0 Å². The van der Waals surface area contributed by atoms with Gasteiger partial charge in [0.1, 0.15) is 0 Å². The summed E-state index contributed by atoms with van der Waals surface area (Å²) in [5.74, 6) is 0. The van der Waals surface area contributed by atoms with Crippen molar-refractivity contribution >= 4 is 58.4 Å². The molecule has 0 radical (unpaired) electrons. The van der Waals surface area contributed by atoms with Crippen LogP contribution in [0, 0.1) is 0 Å². The zero-order chi connectivity index (χ0) is 60.8. The predicted molar refractivity (Wildman–Crippen MR) is 383 cm³/mol. The molecule has 0 amide bonds. The topological polar surface area (TPSA) is 6.48 Å². The summed E-state index contributed by atoms with van der Waals surface area (Å²) in [5.41, 5.74) is 31.2. The quantitative estimate of drug-likeness (QED) is 0.100. The Bertz CT molecular complexity index is 4310. The van der Waals surface area contributed by atoms with Crippen LogP contribution in [0.2, 0.25) is 0 Å². The first kappa shape index (κ1) is 55.5. The maximum atomic E-state index is 2.42. The second-order valence-corrected chi connectivity index (χ2v) is 25.0. The summed E-state index contributed by atoms with van der Waals surface area (Å²) in [6.45, 7) is 9.51. The molecule has 0 saturated heterocycles. The molecule has 2 nitrogen and oxygen atoms in total. The molecule has 0 heterocycles. The Balaban J connectivity index is 0.650. The van der Waals surface area contributed by atoms with Crippen LogP contribution in [0.4, 0.5) is 34.1 Å². The number of nitrogens with zero attached hydrogens (tertiary/aromatic N) is 2. The lowest BCUT2D eigenvalue weighted by Gasteiger charge is -2.28. The van der Waals surface area contributed by atoms with Crippen LogP contribution in [0.5, 0.6) is 0 Å². The summed E-state index contributed by atoms with van der Waals surface area (Å²) in [5, 5.41) is 0. The fourth-order valence-corrected chi connectivity index (χ4v) is 13.7. The van der Waals surface area contributed by atoms with Gasteiger partial charge in [0.15, 0.2) is 0 Å². The fraction of sp³-hybridized carbons (Fsp3) is 0.0682. The summed E-state index contributed by atoms with van der Waals surface area (Å²) < 4.78 is 0. The number of anilines is 6. The van der Waals surface area contributed by atoms with Crippen molar-refractivity contribution < 1.29 is 0 Å². The Kier molecular flexibility index (Phi) is 14.3. The van der Waals surface area contributed by atoms with Gasteiger partial charge in [0.25, 0.3) is 0 Å². The molecule has 90 heavy (non-hydrogen) atoms. The molecule has 0 atom stereocenters. The maximum Gasteiger partial charge on any atom is 0.0465 e. The van der Waals surface area contributed by atoms with E-state index >= 15 is 0 Å². The van der Waals surface area contributed by atoms with E-state index in [0.717, 1.165) is 45.3 Å². The Morgan fingerprint density at radius 1 is 0.200 bits per heavy atom. The van der Waals surface area contributed by atoms with Crippen LogP contribution in [0.3, 0.4) is 0 Å². The largest absolute Gasteiger partial charge is 0.310 e. The van der Waals surface area contributed by atoms with Crippen molar-refractivity contribution in [1.29, 1.82) is 0 Å². The summed E-state index contributed by atoms with van der Waals surface area (Å²) in [6.07, 6.45) is 8.99. The lowest BCUT2D eigenvalue weighted by molar-refractivity contribution is 0.660. The molecule has 2 aliphatic carbocycles. The van der Waals surface area contributed by atoms with Crippen LogP contribution in [0.15, 0.2) is 315 Å². The van der Waals surface area contributed by atoms with E-state index in [4.69, 9.17) is 0 Å². The minimum Gasteiger partial charge on any atom is -0.310 e. The molecular weight excluding hydrogens is 1080 g/mol. The molecule has 0 aromatic heterocycles. The highest BCUT2D eigenvalue weighted by Gasteiger charge is 2.38. The summed E-state index contributed by atoms with van der Waals surface area (Å²) in [7, 11) is 0. The number of rotatable bonds is 14. The van der Waals surface area contributed by atoms with Crippen LogP contribution >= 0.6 is 0 Å². The smallest absolute Gasteiger partial charge is 0.0465 e. The molecule has 15 rings (SSSR count). The van der Waals surface area contributed by atoms with Gasteiger partial charge in [0.05, 0.1) is 0 Å². The van der Waals surface area contributed by atoms with Crippen molar-refractivity contribution in [2.45, 2.75) is 38.5 Å². The minimum atomic E-state index is -0.211. The third-order valence-electron chi connectivity index (χ3n) is 18.7. The molecule has 0 spiro atoms. The molecule has 430 valence electrons. The first-order valence-electron chi connectivity index (χ1n) is 31.4. The minimum absolute atomic E-state index is 0.211. The van der Waals surface area contributed by atoms with Gasteiger partial charge >= 0.3 is 0 Å². The fourth-order valence-electron chi connectivity index (χ4n) is 13.7. The molecule has 0 saturated carbocycles. The average molecular weight is 1150 g/mol. The van der Waals surface area contributed by atoms with Crippen molar-refractivity contribution in [3.05, 3.63) is 360 Å². The Hall–Kier alpha value is -11.1. The van der Waals surface area contributed by atoms with E-state index in [1.54, 1.807) is 0 Å². The molecule has 0 unspecified atom stereocenters. The van der Waals surface area contributed by atoms with Crippen LogP contribution < -0.4 is 9.80 Å². The zero-order valence-electron chi connectivity index (χ0n) is 51.2. The molecular formula is C88H68N2. The van der Waals surface area contributed by atoms with Crippen LogP contribution in [-0.2, 0) is 10.8 Å². The van der Waals surface area contributed by atoms with Crippen LogP contribution in [0.1, 0.15) is 72.2 Å². The standard InChI is InChI=1S/C88H68N2/c1-87(2)83-57-63(33-53-79(83)81-55-51-77(59-85(81)87)89(73-43-35-69(36-44-73)65-17-9-5-10-18-65)74-45-37-70(38-46-74)66-19-11-6-12-20-66)31-29-61-25-27-62(28-26-61)30-32-64-34-54-80-82-56-52-78(60-86(82)88(3,4)84(80)58-64)90(75-47-39-71(40-48-75)67-21-13-7-14-22-67)76-49-41-72(42-50-76)68-23-15-8-16-24-68/h5-60H,1-4H3/b31-29+,32-30+. The van der Waals surface area contributed by atoms with Gasteiger partial charge in [0.2, 0.25) is 0 Å². The molecule has 2 heteroatoms. The van der Waals surface area contributed by atoms with E-state index in [0.29, 0.717) is 0 Å². The highest BCUT2D eigenvalue weighted by atomic mass is 15.1. The van der Waals surface area contributed by atoms with E-state index in [2.05, 4.69) is 377 Å². The molecule has 0 fully saturated rings. The van der Waals surface area contributed by atoms with Gasteiger partial charge in [0, 0.05) is 45.0 Å². The van der Waals surface area contributed by atoms with Gasteiger partial charge in [-0.05, 0) is 184 Å². The SMILES string of the molecule is CC1(C)c2cc(/C=C/c3ccc(/C=C/c4ccc5c(c4)C(C)(C)c4cc(N(c6ccc(-c7ccccc7)cc6)c6ccc(-c7ccccc7)cc6)ccc4-5)cc3)ccc2-c2ccc(N(c3ccc(-c4ccccc4)cc3)c3ccc(-c4ccccc4)cc3)cc21. The van der Waals surface area contributed by atoms with Crippen LogP contribution in [0.25, 0.3) is 91.1 Å². The average Bonchev–Trinajstić information content (AvgIpc) is 1.61. The van der Waals surface area contributed by atoms with E-state index in [9.17, 15) is 0 Å². The molecule has 13 aromatic carbocycles. The van der Waals surface area contributed by atoms with E-state index in [1.165, 1.54) is 100 Å². The maximum absolute atomic E-state index is 2.42. The van der Waals surface area contributed by atoms with Gasteiger partial charge in [-0.15, -0.1) is 0 Å². The lowest BCUT2D eigenvalue weighted by Crippen LogP contribution is -2.16. The number of benzene rings is 13. The summed E-state index contributed by atoms with van der Waals surface area (Å²) in [4.78, 5) is 4.79. The number of hydrogen-bond donors (Lipinski definition) is 0.